The van der Waals surface area contributed by atoms with E-state index in [0.717, 1.165) is 66.0 Å². The van der Waals surface area contributed by atoms with Crippen LogP contribution in [0, 0.1) is 17.5 Å². The summed E-state index contributed by atoms with van der Waals surface area (Å²) in [6.45, 7) is 2.63. The zero-order valence-electron chi connectivity index (χ0n) is 18.0. The van der Waals surface area contributed by atoms with Crippen LogP contribution >= 0.6 is 0 Å². The third-order valence-electron chi connectivity index (χ3n) is 6.11. The molecule has 0 spiro atoms. The highest BCUT2D eigenvalue weighted by Gasteiger charge is 2.23. The van der Waals surface area contributed by atoms with Crippen LogP contribution in [0.25, 0.3) is 22.2 Å². The van der Waals surface area contributed by atoms with Crippen molar-refractivity contribution >= 4 is 16.6 Å². The topological polar surface area (TPSA) is 83.9 Å². The van der Waals surface area contributed by atoms with Gasteiger partial charge in [-0.05, 0) is 35.2 Å². The number of rotatable bonds is 5. The number of nitrogens with zero attached hydrogens (tertiary/aromatic N) is 6. The molecule has 1 saturated heterocycles. The molecule has 1 fully saturated rings. The van der Waals surface area contributed by atoms with Gasteiger partial charge in [-0.3, -0.25) is 0 Å². The largest absolute Gasteiger partial charge is 0.354 e. The van der Waals surface area contributed by atoms with E-state index in [1.54, 1.807) is 4.68 Å². The van der Waals surface area contributed by atoms with Gasteiger partial charge in [0, 0.05) is 36.4 Å². The van der Waals surface area contributed by atoms with Crippen LogP contribution in [0.15, 0.2) is 54.6 Å². The molecule has 5 rings (SSSR count). The summed E-state index contributed by atoms with van der Waals surface area (Å²) in [6, 6.07) is 20.6. The number of nitriles is 1. The van der Waals surface area contributed by atoms with E-state index in [9.17, 15) is 0 Å². The van der Waals surface area contributed by atoms with E-state index in [-0.39, 0.29) is 0 Å². The molecule has 0 aliphatic carbocycles. The Bertz CT molecular complexity index is 1280. The fourth-order valence-corrected chi connectivity index (χ4v) is 4.37. The van der Waals surface area contributed by atoms with Crippen LogP contribution in [-0.2, 0) is 13.6 Å². The Morgan fingerprint density at radius 1 is 1.12 bits per heavy atom. The van der Waals surface area contributed by atoms with Crippen LogP contribution in [0.5, 0.6) is 0 Å². The van der Waals surface area contributed by atoms with Crippen molar-refractivity contribution in [3.63, 3.8) is 0 Å². The van der Waals surface area contributed by atoms with Crippen molar-refractivity contribution in [2.75, 3.05) is 18.0 Å². The van der Waals surface area contributed by atoms with E-state index in [1.165, 1.54) is 0 Å². The molecule has 0 saturated carbocycles. The fraction of sp³-hybridized carbons (Fsp3) is 0.280. The van der Waals surface area contributed by atoms with E-state index in [0.29, 0.717) is 11.6 Å². The van der Waals surface area contributed by atoms with Crippen LogP contribution < -0.4 is 15.3 Å². The lowest BCUT2D eigenvalue weighted by Crippen LogP contribution is -2.42. The lowest BCUT2D eigenvalue weighted by Gasteiger charge is -2.33. The molecular formula is C25H24N7+. The van der Waals surface area contributed by atoms with Crippen LogP contribution in [-0.4, -0.2) is 34.0 Å². The van der Waals surface area contributed by atoms with Gasteiger partial charge >= 0.3 is 6.20 Å². The first-order valence-electron chi connectivity index (χ1n) is 10.9. The fourth-order valence-electron chi connectivity index (χ4n) is 4.37. The summed E-state index contributed by atoms with van der Waals surface area (Å²) in [5, 5.41) is 28.3. The van der Waals surface area contributed by atoms with E-state index in [4.69, 9.17) is 5.26 Å². The minimum absolute atomic E-state index is 0.445. The Hall–Kier alpha value is -3.94. The highest BCUT2D eigenvalue weighted by Crippen LogP contribution is 2.31. The smallest absolute Gasteiger partial charge is 0.352 e. The number of hydrogen-bond donors (Lipinski definition) is 1. The monoisotopic (exact) mass is 422 g/mol. The van der Waals surface area contributed by atoms with Crippen LogP contribution in [0.1, 0.15) is 24.0 Å². The number of nitrogens with one attached hydrogen (secondary N) is 1. The average molecular weight is 423 g/mol. The van der Waals surface area contributed by atoms with Gasteiger partial charge in [-0.15, -0.1) is 10.2 Å². The number of fused-ring (bicyclic) bond motifs is 1. The minimum atomic E-state index is 0.445. The second-order valence-corrected chi connectivity index (χ2v) is 8.15. The van der Waals surface area contributed by atoms with E-state index >= 15 is 0 Å². The van der Waals surface area contributed by atoms with Crippen molar-refractivity contribution in [3.8, 4) is 17.5 Å². The molecule has 0 radical (unpaired) electrons. The molecule has 32 heavy (non-hydrogen) atoms. The normalized spacial score (nSPS) is 14.3. The summed E-state index contributed by atoms with van der Waals surface area (Å²) >= 11 is 0. The average Bonchev–Trinajstić information content (AvgIpc) is 3.28. The van der Waals surface area contributed by atoms with Gasteiger partial charge in [0.1, 0.15) is 11.8 Å². The van der Waals surface area contributed by atoms with Crippen molar-refractivity contribution in [1.82, 2.24) is 20.2 Å². The molecule has 7 heteroatoms. The standard InChI is InChI=1S/C25H24N7/c1-31-23(9-12-28-31)24-21-7-2-3-8-22(21)25(30-29-24)32-13-10-20(11-14-32)27-17-19-6-4-5-18(15-19)16-26/h2-9,15,20,27H,10-11,13-14,17H2,1H3/q+1. The Morgan fingerprint density at radius 2 is 1.94 bits per heavy atom. The summed E-state index contributed by atoms with van der Waals surface area (Å²) in [4.78, 5) is 2.34. The first kappa shape index (κ1) is 20.0. The first-order chi connectivity index (χ1) is 15.7. The Balaban J connectivity index is 1.30. The van der Waals surface area contributed by atoms with E-state index < -0.39 is 0 Å². The number of benzene rings is 2. The van der Waals surface area contributed by atoms with Gasteiger partial charge in [0.25, 0.3) is 0 Å². The van der Waals surface area contributed by atoms with Crippen molar-refractivity contribution in [2.45, 2.75) is 25.4 Å². The molecule has 1 aliphatic rings. The van der Waals surface area contributed by atoms with Gasteiger partial charge < -0.3 is 10.2 Å². The second kappa shape index (κ2) is 8.66. The number of aromatic nitrogens is 4. The summed E-state index contributed by atoms with van der Waals surface area (Å²) in [5.41, 5.74) is 3.59. The lowest BCUT2D eigenvalue weighted by atomic mass is 10.0. The maximum absolute atomic E-state index is 9.08. The Kier molecular flexibility index (Phi) is 5.41. The van der Waals surface area contributed by atoms with Crippen molar-refractivity contribution < 1.29 is 5.10 Å². The highest BCUT2D eigenvalue weighted by atomic mass is 15.3. The first-order valence-corrected chi connectivity index (χ1v) is 10.9. The summed E-state index contributed by atoms with van der Waals surface area (Å²) in [5.74, 6) is 0.940. The molecule has 0 atom stereocenters. The zero-order valence-corrected chi connectivity index (χ0v) is 18.0. The number of anilines is 1. The quantitative estimate of drug-likeness (QED) is 0.532. The van der Waals surface area contributed by atoms with E-state index in [2.05, 4.69) is 62.0 Å². The van der Waals surface area contributed by atoms with Gasteiger partial charge in [0.2, 0.25) is 0 Å². The van der Waals surface area contributed by atoms with Gasteiger partial charge in [0.15, 0.2) is 11.5 Å². The molecular weight excluding hydrogens is 398 g/mol. The molecule has 2 aromatic heterocycles. The van der Waals surface area contributed by atoms with Gasteiger partial charge in [-0.1, -0.05) is 36.4 Å². The Morgan fingerprint density at radius 3 is 2.69 bits per heavy atom. The van der Waals surface area contributed by atoms with Gasteiger partial charge in [-0.25, -0.2) is 0 Å². The predicted molar refractivity (Wildman–Crippen MR) is 122 cm³/mol. The molecule has 1 aliphatic heterocycles. The number of hydrogen-bond acceptors (Lipinski definition) is 5. The van der Waals surface area contributed by atoms with Crippen molar-refractivity contribution in [1.29, 1.82) is 5.26 Å². The van der Waals surface area contributed by atoms with Crippen molar-refractivity contribution in [3.05, 3.63) is 71.9 Å². The summed E-state index contributed by atoms with van der Waals surface area (Å²) < 4.78 is 1.78. The van der Waals surface area contributed by atoms with Crippen LogP contribution in [0.3, 0.4) is 0 Å². The molecule has 0 unspecified atom stereocenters. The molecule has 0 bridgehead atoms. The molecule has 3 heterocycles. The minimum Gasteiger partial charge on any atom is -0.354 e. The molecule has 7 nitrogen and oxygen atoms in total. The van der Waals surface area contributed by atoms with Crippen LogP contribution in [0.4, 0.5) is 5.82 Å². The third-order valence-corrected chi connectivity index (χ3v) is 6.11. The third kappa shape index (κ3) is 3.87. The maximum Gasteiger partial charge on any atom is 0.352 e. The maximum atomic E-state index is 9.08. The Labute approximate surface area is 187 Å². The summed E-state index contributed by atoms with van der Waals surface area (Å²) in [7, 11) is 1.89. The van der Waals surface area contributed by atoms with Gasteiger partial charge in [-0.2, -0.15) is 5.26 Å². The van der Waals surface area contributed by atoms with E-state index in [1.807, 2.05) is 37.4 Å². The number of piperidine rings is 1. The molecule has 1 N–H and O–H groups in total. The lowest BCUT2D eigenvalue weighted by molar-refractivity contribution is -0.410. The highest BCUT2D eigenvalue weighted by molar-refractivity contribution is 5.99. The zero-order chi connectivity index (χ0) is 21.9. The molecule has 2 aromatic carbocycles. The predicted octanol–water partition coefficient (Wildman–Crippen LogP) is 2.67. The van der Waals surface area contributed by atoms with Crippen LogP contribution in [0.2, 0.25) is 0 Å². The van der Waals surface area contributed by atoms with Crippen molar-refractivity contribution in [2.24, 2.45) is 7.05 Å². The summed E-state index contributed by atoms with van der Waals surface area (Å²) in [6.07, 6.45) is 4.95. The SMILES string of the molecule is Cn1[n+]#ccc1-c1nnc(N2CCC(NCc3cccc(C#N)c3)CC2)c2ccccc12. The van der Waals surface area contributed by atoms with Gasteiger partial charge in [0.05, 0.1) is 23.8 Å². The molecule has 158 valence electrons. The molecule has 0 amide bonds. The second-order valence-electron chi connectivity index (χ2n) is 8.15. The molecule has 4 aromatic rings.